The first-order valence-electron chi connectivity index (χ1n) is 7.15. The van der Waals surface area contributed by atoms with Crippen LogP contribution in [0.1, 0.15) is 23.1 Å². The highest BCUT2D eigenvalue weighted by molar-refractivity contribution is 5.82. The highest BCUT2D eigenvalue weighted by atomic mass is 15.4. The number of aromatic nitrogens is 2. The molecule has 1 aromatic carbocycles. The fraction of sp³-hybridized carbons (Fsp3) is 0.176. The molecule has 0 amide bonds. The van der Waals surface area contributed by atoms with Crippen molar-refractivity contribution in [2.45, 2.75) is 12.0 Å². The molecule has 3 aromatic rings. The number of benzene rings is 1. The number of rotatable bonds is 2. The van der Waals surface area contributed by atoms with Crippen molar-refractivity contribution in [3.8, 4) is 0 Å². The third-order valence-electron chi connectivity index (χ3n) is 4.11. The van der Waals surface area contributed by atoms with Gasteiger partial charge < -0.3 is 0 Å². The summed E-state index contributed by atoms with van der Waals surface area (Å²) in [7, 11) is 0. The second kappa shape index (κ2) is 5.24. The molecule has 4 nitrogen and oxygen atoms in total. The molecule has 2 unspecified atom stereocenters. The molecule has 3 heterocycles. The molecule has 1 fully saturated rings. The van der Waals surface area contributed by atoms with Crippen LogP contribution < -0.4 is 10.9 Å². The Bertz CT molecular complexity index is 752. The van der Waals surface area contributed by atoms with Crippen molar-refractivity contribution in [3.63, 3.8) is 0 Å². The summed E-state index contributed by atoms with van der Waals surface area (Å²) in [6.07, 6.45) is 5.64. The minimum atomic E-state index is 0.226. The number of pyridine rings is 2. The van der Waals surface area contributed by atoms with E-state index in [0.717, 1.165) is 12.1 Å². The average Bonchev–Trinajstić information content (AvgIpc) is 3.04. The van der Waals surface area contributed by atoms with Gasteiger partial charge in [0, 0.05) is 36.4 Å². The molecule has 0 radical (unpaired) electrons. The first-order valence-corrected chi connectivity index (χ1v) is 7.15. The van der Waals surface area contributed by atoms with Gasteiger partial charge in [-0.15, -0.1) is 0 Å². The molecule has 1 aliphatic heterocycles. The Morgan fingerprint density at radius 3 is 2.86 bits per heavy atom. The Morgan fingerprint density at radius 1 is 1.00 bits per heavy atom. The van der Waals surface area contributed by atoms with E-state index in [9.17, 15) is 0 Å². The van der Waals surface area contributed by atoms with Crippen molar-refractivity contribution in [1.29, 1.82) is 0 Å². The summed E-state index contributed by atoms with van der Waals surface area (Å²) in [6.45, 7) is 0.896. The van der Waals surface area contributed by atoms with Gasteiger partial charge in [0.05, 0.1) is 11.6 Å². The number of nitrogens with zero attached hydrogens (tertiary/aromatic N) is 2. The largest absolute Gasteiger partial charge is 0.264 e. The average molecular weight is 276 g/mol. The smallest absolute Gasteiger partial charge is 0.0704 e. The third kappa shape index (κ3) is 2.18. The summed E-state index contributed by atoms with van der Waals surface area (Å²) < 4.78 is 0. The fourth-order valence-electron chi connectivity index (χ4n) is 3.10. The molecule has 2 N–H and O–H groups in total. The number of fused-ring (bicyclic) bond motifs is 1. The van der Waals surface area contributed by atoms with Gasteiger partial charge in [-0.1, -0.05) is 24.3 Å². The number of hydrazine groups is 1. The van der Waals surface area contributed by atoms with Gasteiger partial charge in [0.1, 0.15) is 0 Å². The summed E-state index contributed by atoms with van der Waals surface area (Å²) in [6, 6.07) is 14.8. The van der Waals surface area contributed by atoms with Gasteiger partial charge in [-0.3, -0.25) is 15.4 Å². The summed E-state index contributed by atoms with van der Waals surface area (Å²) in [4.78, 5) is 8.70. The van der Waals surface area contributed by atoms with Crippen LogP contribution in [0.3, 0.4) is 0 Å². The molecule has 0 saturated carbocycles. The lowest BCUT2D eigenvalue weighted by atomic mass is 9.87. The van der Waals surface area contributed by atoms with Gasteiger partial charge in [0.15, 0.2) is 0 Å². The Morgan fingerprint density at radius 2 is 1.95 bits per heavy atom. The number of para-hydroxylation sites is 1. The van der Waals surface area contributed by atoms with Crippen LogP contribution in [0.15, 0.2) is 61.1 Å². The van der Waals surface area contributed by atoms with Crippen LogP contribution in [0.5, 0.6) is 0 Å². The van der Waals surface area contributed by atoms with Crippen LogP contribution in [0.2, 0.25) is 0 Å². The Kier molecular flexibility index (Phi) is 3.10. The van der Waals surface area contributed by atoms with Crippen LogP contribution >= 0.6 is 0 Å². The van der Waals surface area contributed by atoms with Gasteiger partial charge in [0.25, 0.3) is 0 Å². The molecule has 1 aliphatic rings. The lowest BCUT2D eigenvalue weighted by Crippen LogP contribution is -2.24. The third-order valence-corrected chi connectivity index (χ3v) is 4.11. The molecule has 2 atom stereocenters. The summed E-state index contributed by atoms with van der Waals surface area (Å²) in [5, 5.41) is 1.23. The van der Waals surface area contributed by atoms with Crippen LogP contribution in [0.4, 0.5) is 0 Å². The number of nitrogens with one attached hydrogen (secondary N) is 2. The minimum absolute atomic E-state index is 0.226. The van der Waals surface area contributed by atoms with E-state index in [4.69, 9.17) is 0 Å². The minimum Gasteiger partial charge on any atom is -0.264 e. The predicted molar refractivity (Wildman–Crippen MR) is 82.6 cm³/mol. The fourth-order valence-corrected chi connectivity index (χ4v) is 3.10. The quantitative estimate of drug-likeness (QED) is 0.755. The van der Waals surface area contributed by atoms with E-state index in [2.05, 4.69) is 51.2 Å². The lowest BCUT2D eigenvalue weighted by Gasteiger charge is -2.20. The van der Waals surface area contributed by atoms with Crippen molar-refractivity contribution in [1.82, 2.24) is 20.8 Å². The van der Waals surface area contributed by atoms with E-state index < -0.39 is 0 Å². The summed E-state index contributed by atoms with van der Waals surface area (Å²) in [5.74, 6) is 0.363. The zero-order chi connectivity index (χ0) is 14.1. The molecule has 4 heteroatoms. The maximum atomic E-state index is 4.46. The second-order valence-corrected chi connectivity index (χ2v) is 5.31. The molecule has 4 rings (SSSR count). The topological polar surface area (TPSA) is 49.8 Å². The van der Waals surface area contributed by atoms with Crippen molar-refractivity contribution >= 4 is 10.9 Å². The first kappa shape index (κ1) is 12.4. The Labute approximate surface area is 123 Å². The van der Waals surface area contributed by atoms with E-state index in [0.29, 0.717) is 5.92 Å². The van der Waals surface area contributed by atoms with E-state index in [1.165, 1.54) is 16.5 Å². The molecule has 21 heavy (non-hydrogen) atoms. The highest BCUT2D eigenvalue weighted by Crippen LogP contribution is 2.35. The standard InChI is InChI=1S/C17H16N4/c1-2-6-16-14(5-1)13(7-9-19-16)15-11-20-21-17(15)12-4-3-8-18-10-12/h1-10,15,17,20-21H,11H2. The zero-order valence-electron chi connectivity index (χ0n) is 11.5. The molecule has 1 saturated heterocycles. The second-order valence-electron chi connectivity index (χ2n) is 5.31. The van der Waals surface area contributed by atoms with Crippen molar-refractivity contribution in [2.75, 3.05) is 6.54 Å². The van der Waals surface area contributed by atoms with Crippen LogP contribution in [-0.2, 0) is 0 Å². The lowest BCUT2D eigenvalue weighted by molar-refractivity contribution is 0.554. The highest BCUT2D eigenvalue weighted by Gasteiger charge is 2.30. The Hall–Kier alpha value is -2.30. The van der Waals surface area contributed by atoms with E-state index in [-0.39, 0.29) is 6.04 Å². The van der Waals surface area contributed by atoms with Crippen LogP contribution in [0, 0.1) is 0 Å². The van der Waals surface area contributed by atoms with E-state index in [1.54, 1.807) is 0 Å². The molecule has 2 aromatic heterocycles. The Balaban J connectivity index is 1.81. The van der Waals surface area contributed by atoms with Crippen LogP contribution in [0.25, 0.3) is 10.9 Å². The molecule has 0 aliphatic carbocycles. The molecule has 0 bridgehead atoms. The first-order chi connectivity index (χ1) is 10.4. The van der Waals surface area contributed by atoms with Gasteiger partial charge in [-0.25, -0.2) is 5.43 Å². The summed E-state index contributed by atoms with van der Waals surface area (Å²) in [5.41, 5.74) is 10.2. The number of hydrogen-bond acceptors (Lipinski definition) is 4. The van der Waals surface area contributed by atoms with Gasteiger partial charge in [-0.05, 0) is 29.3 Å². The van der Waals surface area contributed by atoms with Crippen molar-refractivity contribution < 1.29 is 0 Å². The maximum absolute atomic E-state index is 4.46. The van der Waals surface area contributed by atoms with Crippen molar-refractivity contribution in [3.05, 3.63) is 72.2 Å². The molecular formula is C17H16N4. The predicted octanol–water partition coefficient (Wildman–Crippen LogP) is 2.56. The van der Waals surface area contributed by atoms with Gasteiger partial charge >= 0.3 is 0 Å². The van der Waals surface area contributed by atoms with Gasteiger partial charge in [0.2, 0.25) is 0 Å². The normalized spacial score (nSPS) is 21.7. The number of hydrogen-bond donors (Lipinski definition) is 2. The van der Waals surface area contributed by atoms with E-state index >= 15 is 0 Å². The SMILES string of the molecule is c1cncc(C2NNCC2c2ccnc3ccccc23)c1. The van der Waals surface area contributed by atoms with Crippen LogP contribution in [-0.4, -0.2) is 16.5 Å². The van der Waals surface area contributed by atoms with Gasteiger partial charge in [-0.2, -0.15) is 0 Å². The maximum Gasteiger partial charge on any atom is 0.0704 e. The molecular weight excluding hydrogens is 260 g/mol. The van der Waals surface area contributed by atoms with Crippen molar-refractivity contribution in [2.24, 2.45) is 0 Å². The summed E-state index contributed by atoms with van der Waals surface area (Å²) >= 11 is 0. The van der Waals surface area contributed by atoms with E-state index in [1.807, 2.05) is 30.7 Å². The monoisotopic (exact) mass is 276 g/mol. The molecule has 0 spiro atoms. The molecule has 104 valence electrons. The zero-order valence-corrected chi connectivity index (χ0v) is 11.5.